The number of benzene rings is 1. The average molecular weight is 495 g/mol. The molecule has 3 aromatic rings. The standard InChI is InChI=1S/C26H30N4O4S/c1-2-34-26(33)24-20(17-7-8-17)16-35-25(24)28-22(31)15-29-9-11-30(12-10-29)23(32)13-18-14-27-21-6-4-3-5-19(18)21/h3-6,14,16-17,27H,2,7-13,15H2,1H3,(H,28,31). The fourth-order valence-electron chi connectivity index (χ4n) is 4.65. The van der Waals surface area contributed by atoms with E-state index in [1.807, 2.05) is 45.6 Å². The first-order valence-corrected chi connectivity index (χ1v) is 13.0. The second kappa shape index (κ2) is 10.2. The molecule has 0 atom stereocenters. The Bertz CT molecular complexity index is 1240. The summed E-state index contributed by atoms with van der Waals surface area (Å²) in [6, 6.07) is 7.99. The highest BCUT2D eigenvalue weighted by Crippen LogP contribution is 2.46. The molecule has 0 radical (unpaired) electrons. The van der Waals surface area contributed by atoms with Crippen LogP contribution in [0, 0.1) is 0 Å². The van der Waals surface area contributed by atoms with E-state index in [1.54, 1.807) is 6.92 Å². The second-order valence-electron chi connectivity index (χ2n) is 9.13. The second-order valence-corrected chi connectivity index (χ2v) is 10.0. The number of para-hydroxylation sites is 1. The minimum Gasteiger partial charge on any atom is -0.462 e. The Labute approximate surface area is 208 Å². The molecule has 1 aromatic carbocycles. The molecule has 184 valence electrons. The summed E-state index contributed by atoms with van der Waals surface area (Å²) in [7, 11) is 0. The Morgan fingerprint density at radius 2 is 1.91 bits per heavy atom. The van der Waals surface area contributed by atoms with Gasteiger partial charge in [-0.15, -0.1) is 11.3 Å². The maximum absolute atomic E-state index is 12.9. The molecule has 2 amide bonds. The number of carbonyl (C=O) groups is 3. The van der Waals surface area contributed by atoms with Crippen LogP contribution >= 0.6 is 11.3 Å². The van der Waals surface area contributed by atoms with Crippen molar-refractivity contribution in [3.63, 3.8) is 0 Å². The van der Waals surface area contributed by atoms with Gasteiger partial charge < -0.3 is 19.9 Å². The van der Waals surface area contributed by atoms with Crippen LogP contribution in [0.1, 0.15) is 47.2 Å². The van der Waals surface area contributed by atoms with Gasteiger partial charge in [-0.1, -0.05) is 18.2 Å². The highest BCUT2D eigenvalue weighted by atomic mass is 32.1. The van der Waals surface area contributed by atoms with Crippen molar-refractivity contribution in [3.05, 3.63) is 52.5 Å². The number of ether oxygens (including phenoxy) is 1. The quantitative estimate of drug-likeness (QED) is 0.467. The van der Waals surface area contributed by atoms with Crippen molar-refractivity contribution in [2.24, 2.45) is 0 Å². The molecule has 1 saturated heterocycles. The molecular formula is C26H30N4O4S. The first-order valence-electron chi connectivity index (χ1n) is 12.2. The van der Waals surface area contributed by atoms with Crippen molar-refractivity contribution < 1.29 is 19.1 Å². The van der Waals surface area contributed by atoms with Crippen LogP contribution < -0.4 is 5.32 Å². The van der Waals surface area contributed by atoms with Crippen LogP contribution in [0.2, 0.25) is 0 Å². The number of amides is 2. The number of thiophene rings is 1. The van der Waals surface area contributed by atoms with Gasteiger partial charge in [0.25, 0.3) is 0 Å². The maximum atomic E-state index is 12.9. The van der Waals surface area contributed by atoms with Crippen LogP contribution in [0.4, 0.5) is 5.00 Å². The summed E-state index contributed by atoms with van der Waals surface area (Å²) in [5, 5.41) is 6.56. The van der Waals surface area contributed by atoms with Gasteiger partial charge in [-0.3, -0.25) is 14.5 Å². The first-order chi connectivity index (χ1) is 17.0. The number of anilines is 1. The highest BCUT2D eigenvalue weighted by molar-refractivity contribution is 7.15. The van der Waals surface area contributed by atoms with E-state index in [2.05, 4.69) is 10.3 Å². The number of aromatic nitrogens is 1. The van der Waals surface area contributed by atoms with E-state index in [0.29, 0.717) is 55.7 Å². The van der Waals surface area contributed by atoms with Crippen LogP contribution in [0.15, 0.2) is 35.8 Å². The largest absolute Gasteiger partial charge is 0.462 e. The molecule has 1 aliphatic heterocycles. The molecule has 0 spiro atoms. The van der Waals surface area contributed by atoms with Gasteiger partial charge in [0.05, 0.1) is 25.1 Å². The number of esters is 1. The van der Waals surface area contributed by atoms with Crippen molar-refractivity contribution >= 4 is 45.0 Å². The maximum Gasteiger partial charge on any atom is 0.341 e. The lowest BCUT2D eigenvalue weighted by molar-refractivity contribution is -0.132. The molecule has 8 nitrogen and oxygen atoms in total. The summed E-state index contributed by atoms with van der Waals surface area (Å²) >= 11 is 1.39. The Morgan fingerprint density at radius 3 is 2.66 bits per heavy atom. The third-order valence-electron chi connectivity index (χ3n) is 6.68. The Balaban J connectivity index is 1.14. The van der Waals surface area contributed by atoms with E-state index >= 15 is 0 Å². The molecule has 1 saturated carbocycles. The minimum absolute atomic E-state index is 0.101. The van der Waals surface area contributed by atoms with Crippen LogP contribution in [-0.4, -0.2) is 71.9 Å². The molecule has 2 N–H and O–H groups in total. The first kappa shape index (κ1) is 23.6. The number of H-pyrrole nitrogens is 1. The van der Waals surface area contributed by atoms with Gasteiger partial charge in [-0.2, -0.15) is 0 Å². The zero-order valence-corrected chi connectivity index (χ0v) is 20.7. The molecule has 2 aliphatic rings. The van der Waals surface area contributed by atoms with Gasteiger partial charge >= 0.3 is 5.97 Å². The summed E-state index contributed by atoms with van der Waals surface area (Å²) in [5.41, 5.74) is 3.55. The van der Waals surface area contributed by atoms with Gasteiger partial charge in [0.1, 0.15) is 5.00 Å². The van der Waals surface area contributed by atoms with Crippen LogP contribution in [0.3, 0.4) is 0 Å². The Kier molecular flexibility index (Phi) is 6.88. The average Bonchev–Trinajstić information content (AvgIpc) is 3.50. The Morgan fingerprint density at radius 1 is 1.14 bits per heavy atom. The van der Waals surface area contributed by atoms with E-state index < -0.39 is 0 Å². The molecule has 2 fully saturated rings. The van der Waals surface area contributed by atoms with Gasteiger partial charge in [-0.25, -0.2) is 4.79 Å². The van der Waals surface area contributed by atoms with Gasteiger partial charge in [0.2, 0.25) is 11.8 Å². The predicted octanol–water partition coefficient (Wildman–Crippen LogP) is 3.61. The predicted molar refractivity (Wildman–Crippen MR) is 136 cm³/mol. The molecule has 5 rings (SSSR count). The third kappa shape index (κ3) is 5.26. The fraction of sp³-hybridized carbons (Fsp3) is 0.423. The van der Waals surface area contributed by atoms with E-state index in [4.69, 9.17) is 4.74 Å². The number of aromatic amines is 1. The number of fused-ring (bicyclic) bond motifs is 1. The van der Waals surface area contributed by atoms with Crippen molar-refractivity contribution in [2.75, 3.05) is 44.6 Å². The SMILES string of the molecule is CCOC(=O)c1c(C2CC2)csc1NC(=O)CN1CCN(C(=O)Cc2c[nH]c3ccccc23)CC1. The van der Waals surface area contributed by atoms with E-state index in [-0.39, 0.29) is 24.3 Å². The topological polar surface area (TPSA) is 94.7 Å². The van der Waals surface area contributed by atoms with E-state index in [9.17, 15) is 14.4 Å². The fourth-order valence-corrected chi connectivity index (χ4v) is 5.70. The summed E-state index contributed by atoms with van der Waals surface area (Å²) in [6.45, 7) is 4.76. The van der Waals surface area contributed by atoms with Gasteiger partial charge in [-0.05, 0) is 48.3 Å². The van der Waals surface area contributed by atoms with Crippen LogP contribution in [0.5, 0.6) is 0 Å². The smallest absolute Gasteiger partial charge is 0.341 e. The zero-order valence-electron chi connectivity index (χ0n) is 19.8. The lowest BCUT2D eigenvalue weighted by Crippen LogP contribution is -2.50. The lowest BCUT2D eigenvalue weighted by Gasteiger charge is -2.34. The summed E-state index contributed by atoms with van der Waals surface area (Å²) in [6.07, 6.45) is 4.41. The molecule has 1 aliphatic carbocycles. The summed E-state index contributed by atoms with van der Waals surface area (Å²) < 4.78 is 5.24. The number of rotatable bonds is 8. The lowest BCUT2D eigenvalue weighted by atomic mass is 10.1. The molecule has 9 heteroatoms. The van der Waals surface area contributed by atoms with Crippen LogP contribution in [-0.2, 0) is 20.7 Å². The summed E-state index contributed by atoms with van der Waals surface area (Å²) in [5.74, 6) is -0.0260. The minimum atomic E-state index is -0.367. The number of hydrogen-bond donors (Lipinski definition) is 2. The normalized spacial score (nSPS) is 16.4. The molecule has 0 unspecified atom stereocenters. The number of piperazine rings is 1. The third-order valence-corrected chi connectivity index (χ3v) is 7.59. The van der Waals surface area contributed by atoms with Crippen LogP contribution in [0.25, 0.3) is 10.9 Å². The van der Waals surface area contributed by atoms with E-state index in [0.717, 1.165) is 34.9 Å². The number of carbonyl (C=O) groups excluding carboxylic acids is 3. The Hall–Kier alpha value is -3.17. The molecule has 3 heterocycles. The molecule has 35 heavy (non-hydrogen) atoms. The molecule has 0 bridgehead atoms. The van der Waals surface area contributed by atoms with Crippen molar-refractivity contribution in [1.82, 2.24) is 14.8 Å². The number of hydrogen-bond acceptors (Lipinski definition) is 6. The number of nitrogens with zero attached hydrogens (tertiary/aromatic N) is 2. The van der Waals surface area contributed by atoms with E-state index in [1.165, 1.54) is 11.3 Å². The highest BCUT2D eigenvalue weighted by Gasteiger charge is 2.32. The van der Waals surface area contributed by atoms with Crippen molar-refractivity contribution in [3.8, 4) is 0 Å². The summed E-state index contributed by atoms with van der Waals surface area (Å²) in [4.78, 5) is 45.3. The monoisotopic (exact) mass is 494 g/mol. The number of nitrogens with one attached hydrogen (secondary N) is 2. The molecular weight excluding hydrogens is 464 g/mol. The van der Waals surface area contributed by atoms with Crippen molar-refractivity contribution in [1.29, 1.82) is 0 Å². The van der Waals surface area contributed by atoms with Crippen molar-refractivity contribution in [2.45, 2.75) is 32.1 Å². The van der Waals surface area contributed by atoms with Gasteiger partial charge in [0, 0.05) is 43.3 Å². The zero-order chi connectivity index (χ0) is 24.4. The molecule has 2 aromatic heterocycles. The van der Waals surface area contributed by atoms with Gasteiger partial charge in [0.15, 0.2) is 0 Å².